The van der Waals surface area contributed by atoms with Crippen LogP contribution in [0.1, 0.15) is 11.1 Å². The minimum atomic E-state index is -1.15. The number of hydrogen-bond donors (Lipinski definition) is 1. The number of aromatic nitrogens is 3. The summed E-state index contributed by atoms with van der Waals surface area (Å²) in [6.45, 7) is 0.377. The number of benzene rings is 1. The van der Waals surface area contributed by atoms with Crippen LogP contribution >= 0.6 is 0 Å². The molecule has 22 heavy (non-hydrogen) atoms. The van der Waals surface area contributed by atoms with Crippen molar-refractivity contribution < 1.29 is 5.11 Å². The van der Waals surface area contributed by atoms with Crippen LogP contribution in [0.15, 0.2) is 79.7 Å². The van der Waals surface area contributed by atoms with Gasteiger partial charge in [0.1, 0.15) is 5.60 Å². The Morgan fingerprint density at radius 1 is 1.05 bits per heavy atom. The first-order chi connectivity index (χ1) is 10.8. The van der Waals surface area contributed by atoms with Gasteiger partial charge in [-0.25, -0.2) is 4.98 Å². The minimum Gasteiger partial charge on any atom is -0.379 e. The molecule has 2 heterocycles. The second-order valence-corrected chi connectivity index (χ2v) is 5.14. The van der Waals surface area contributed by atoms with Crippen molar-refractivity contribution in [3.63, 3.8) is 0 Å². The quantitative estimate of drug-likeness (QED) is 0.786. The van der Waals surface area contributed by atoms with Gasteiger partial charge in [-0.3, -0.25) is 4.98 Å². The summed E-state index contributed by atoms with van der Waals surface area (Å²) >= 11 is 0. The van der Waals surface area contributed by atoms with Crippen molar-refractivity contribution in [2.75, 3.05) is 0 Å². The van der Waals surface area contributed by atoms with Gasteiger partial charge in [0.15, 0.2) is 0 Å². The molecule has 1 atom stereocenters. The molecule has 110 valence electrons. The van der Waals surface area contributed by atoms with E-state index in [2.05, 4.69) is 9.97 Å². The maximum atomic E-state index is 11.1. The van der Waals surface area contributed by atoms with Gasteiger partial charge in [0, 0.05) is 30.4 Å². The van der Waals surface area contributed by atoms with E-state index in [1.54, 1.807) is 31.0 Å². The monoisotopic (exact) mass is 291 g/mol. The third-order valence-corrected chi connectivity index (χ3v) is 3.50. The van der Waals surface area contributed by atoms with Crippen molar-refractivity contribution in [2.24, 2.45) is 0 Å². The Hall–Kier alpha value is -2.72. The van der Waals surface area contributed by atoms with Crippen molar-refractivity contribution in [3.05, 3.63) is 90.8 Å². The molecule has 0 saturated carbocycles. The molecule has 0 aliphatic heterocycles. The zero-order valence-electron chi connectivity index (χ0n) is 12.1. The van der Waals surface area contributed by atoms with Crippen LogP contribution in [-0.4, -0.2) is 19.6 Å². The molecule has 0 spiro atoms. The number of hydrogen-bond acceptors (Lipinski definition) is 3. The van der Waals surface area contributed by atoms with E-state index < -0.39 is 5.60 Å². The molecule has 3 aromatic rings. The van der Waals surface area contributed by atoms with Gasteiger partial charge in [-0.05, 0) is 17.7 Å². The molecule has 2 aromatic heterocycles. The standard InChI is InChI=1S/C18H17N3O/c22-18(14-21-12-11-20-15-21,17-7-4-10-19-13-17)9-8-16-5-2-1-3-6-16/h1-13,15,22H,14H2/b9-8+. The van der Waals surface area contributed by atoms with E-state index in [0.717, 1.165) is 11.1 Å². The molecule has 0 bridgehead atoms. The second kappa shape index (κ2) is 6.37. The highest BCUT2D eigenvalue weighted by Gasteiger charge is 2.26. The van der Waals surface area contributed by atoms with Crippen molar-refractivity contribution in [2.45, 2.75) is 12.1 Å². The fourth-order valence-corrected chi connectivity index (χ4v) is 2.32. The molecule has 0 amide bonds. The van der Waals surface area contributed by atoms with Crippen LogP contribution in [-0.2, 0) is 12.1 Å². The predicted octanol–water partition coefficient (Wildman–Crippen LogP) is 2.88. The van der Waals surface area contributed by atoms with E-state index in [1.807, 2.05) is 59.3 Å². The second-order valence-electron chi connectivity index (χ2n) is 5.14. The maximum absolute atomic E-state index is 11.1. The zero-order valence-corrected chi connectivity index (χ0v) is 12.1. The Morgan fingerprint density at radius 3 is 2.59 bits per heavy atom. The molecule has 0 aliphatic rings. The lowest BCUT2D eigenvalue weighted by atomic mass is 9.93. The average molecular weight is 291 g/mol. The molecule has 1 N–H and O–H groups in total. The van der Waals surface area contributed by atoms with E-state index in [-0.39, 0.29) is 0 Å². The summed E-state index contributed by atoms with van der Waals surface area (Å²) in [5.74, 6) is 0. The maximum Gasteiger partial charge on any atom is 0.127 e. The fraction of sp³-hybridized carbons (Fsp3) is 0.111. The number of pyridine rings is 1. The summed E-state index contributed by atoms with van der Waals surface area (Å²) in [5, 5.41) is 11.1. The molecule has 4 heteroatoms. The third kappa shape index (κ3) is 3.30. The Kier molecular flexibility index (Phi) is 4.12. The van der Waals surface area contributed by atoms with Crippen LogP contribution in [0.4, 0.5) is 0 Å². The number of rotatable bonds is 5. The Labute approximate surface area is 129 Å². The highest BCUT2D eigenvalue weighted by molar-refractivity contribution is 5.51. The lowest BCUT2D eigenvalue weighted by molar-refractivity contribution is 0.0701. The van der Waals surface area contributed by atoms with E-state index in [9.17, 15) is 5.11 Å². The molecular formula is C18H17N3O. The summed E-state index contributed by atoms with van der Waals surface area (Å²) in [5.41, 5.74) is 0.636. The molecule has 3 rings (SSSR count). The van der Waals surface area contributed by atoms with Crippen LogP contribution in [0.25, 0.3) is 6.08 Å². The van der Waals surface area contributed by atoms with Crippen LogP contribution in [0.3, 0.4) is 0 Å². The normalized spacial score (nSPS) is 14.0. The van der Waals surface area contributed by atoms with Gasteiger partial charge in [-0.2, -0.15) is 0 Å². The van der Waals surface area contributed by atoms with Crippen molar-refractivity contribution in [3.8, 4) is 0 Å². The molecule has 1 aromatic carbocycles. The van der Waals surface area contributed by atoms with Crippen molar-refractivity contribution in [1.82, 2.24) is 14.5 Å². The predicted molar refractivity (Wildman–Crippen MR) is 85.8 cm³/mol. The van der Waals surface area contributed by atoms with Crippen molar-refractivity contribution in [1.29, 1.82) is 0 Å². The Bertz CT molecular complexity index is 724. The molecule has 1 unspecified atom stereocenters. The molecule has 4 nitrogen and oxygen atoms in total. The smallest absolute Gasteiger partial charge is 0.127 e. The lowest BCUT2D eigenvalue weighted by Gasteiger charge is -2.25. The van der Waals surface area contributed by atoms with Crippen LogP contribution in [0.5, 0.6) is 0 Å². The Balaban J connectivity index is 1.94. The van der Waals surface area contributed by atoms with Gasteiger partial charge in [0.05, 0.1) is 12.9 Å². The van der Waals surface area contributed by atoms with Gasteiger partial charge in [-0.15, -0.1) is 0 Å². The van der Waals surface area contributed by atoms with Crippen molar-refractivity contribution >= 4 is 6.08 Å². The fourth-order valence-electron chi connectivity index (χ4n) is 2.32. The van der Waals surface area contributed by atoms with Crippen LogP contribution in [0, 0.1) is 0 Å². The van der Waals surface area contributed by atoms with Gasteiger partial charge in [0.2, 0.25) is 0 Å². The first-order valence-corrected chi connectivity index (χ1v) is 7.09. The first kappa shape index (κ1) is 14.2. The highest BCUT2D eigenvalue weighted by atomic mass is 16.3. The molecule has 0 radical (unpaired) electrons. The highest BCUT2D eigenvalue weighted by Crippen LogP contribution is 2.25. The van der Waals surface area contributed by atoms with E-state index in [4.69, 9.17) is 0 Å². The molecule has 0 saturated heterocycles. The van der Waals surface area contributed by atoms with E-state index in [0.29, 0.717) is 6.54 Å². The summed E-state index contributed by atoms with van der Waals surface area (Å²) in [4.78, 5) is 8.15. The topological polar surface area (TPSA) is 50.9 Å². The average Bonchev–Trinajstić information content (AvgIpc) is 3.08. The minimum absolute atomic E-state index is 0.377. The number of nitrogens with zero attached hydrogens (tertiary/aromatic N) is 3. The molecule has 0 aliphatic carbocycles. The van der Waals surface area contributed by atoms with Gasteiger partial charge in [-0.1, -0.05) is 42.5 Å². The van der Waals surface area contributed by atoms with E-state index in [1.165, 1.54) is 0 Å². The lowest BCUT2D eigenvalue weighted by Crippen LogP contribution is -2.28. The zero-order chi connectivity index (χ0) is 15.3. The molecule has 0 fully saturated rings. The summed E-state index contributed by atoms with van der Waals surface area (Å²) in [7, 11) is 0. The van der Waals surface area contributed by atoms with Crippen LogP contribution in [0.2, 0.25) is 0 Å². The van der Waals surface area contributed by atoms with E-state index >= 15 is 0 Å². The number of imidazole rings is 1. The molecular weight excluding hydrogens is 274 g/mol. The largest absolute Gasteiger partial charge is 0.379 e. The van der Waals surface area contributed by atoms with Gasteiger partial charge in [0.25, 0.3) is 0 Å². The first-order valence-electron chi connectivity index (χ1n) is 7.09. The third-order valence-electron chi connectivity index (χ3n) is 3.50. The van der Waals surface area contributed by atoms with Crippen LogP contribution < -0.4 is 0 Å². The Morgan fingerprint density at radius 2 is 1.91 bits per heavy atom. The van der Waals surface area contributed by atoms with Gasteiger partial charge < -0.3 is 9.67 Å². The number of aliphatic hydroxyl groups is 1. The SMILES string of the molecule is OC(/C=C/c1ccccc1)(Cn1ccnc1)c1cccnc1. The summed E-state index contributed by atoms with van der Waals surface area (Å²) in [6, 6.07) is 13.6. The summed E-state index contributed by atoms with van der Waals surface area (Å²) in [6.07, 6.45) is 12.3. The summed E-state index contributed by atoms with van der Waals surface area (Å²) < 4.78 is 1.85. The van der Waals surface area contributed by atoms with Gasteiger partial charge >= 0.3 is 0 Å².